The van der Waals surface area contributed by atoms with Crippen LogP contribution in [-0.4, -0.2) is 35.7 Å². The number of halogens is 3. The monoisotopic (exact) mass is 486 g/mol. The zero-order valence-corrected chi connectivity index (χ0v) is 20.8. The smallest absolute Gasteiger partial charge is 0.0846 e. The molecule has 2 aromatic carbocycles. The molecule has 0 aromatic heterocycles. The molecule has 1 unspecified atom stereocenters. The first-order valence-corrected chi connectivity index (χ1v) is 11.8. The largest absolute Gasteiger partial charge is 0.380 e. The van der Waals surface area contributed by atoms with E-state index in [-0.39, 0.29) is 18.4 Å². The lowest BCUT2D eigenvalue weighted by molar-refractivity contribution is -0.0341. The zero-order chi connectivity index (χ0) is 20.8. The highest BCUT2D eigenvalue weighted by Gasteiger charge is 2.33. The lowest BCUT2D eigenvalue weighted by atomic mass is 10.1. The van der Waals surface area contributed by atoms with Crippen molar-refractivity contribution < 1.29 is 4.74 Å². The predicted octanol–water partition coefficient (Wildman–Crippen LogP) is 7.51. The molecular formula is C23H29Cl3N2OS. The van der Waals surface area contributed by atoms with Gasteiger partial charge in [0.25, 0.3) is 0 Å². The molecule has 0 bridgehead atoms. The summed E-state index contributed by atoms with van der Waals surface area (Å²) in [5.74, 6) is 0.857. The maximum absolute atomic E-state index is 6.60. The maximum atomic E-state index is 6.60. The van der Waals surface area contributed by atoms with Gasteiger partial charge < -0.3 is 4.74 Å². The van der Waals surface area contributed by atoms with Crippen LogP contribution in [0.1, 0.15) is 44.4 Å². The summed E-state index contributed by atoms with van der Waals surface area (Å²) >= 11 is 14.6. The first kappa shape index (κ1) is 25.4. The normalized spacial score (nSPS) is 14.9. The minimum atomic E-state index is 0. The first-order valence-electron chi connectivity index (χ1n) is 10.0. The van der Waals surface area contributed by atoms with E-state index in [9.17, 15) is 0 Å². The molecule has 1 aliphatic rings. The number of hydrogen-bond donors (Lipinski definition) is 0. The van der Waals surface area contributed by atoms with Crippen LogP contribution in [0.3, 0.4) is 0 Å². The summed E-state index contributed by atoms with van der Waals surface area (Å²) in [4.78, 5) is 1.26. The molecule has 0 saturated heterocycles. The van der Waals surface area contributed by atoms with Gasteiger partial charge in [0, 0.05) is 28.6 Å². The molecule has 0 aliphatic carbocycles. The molecule has 2 aromatic rings. The molecule has 0 fully saturated rings. The van der Waals surface area contributed by atoms with Gasteiger partial charge in [-0.2, -0.15) is 0 Å². The number of nitrogens with zero attached hydrogens (tertiary/aromatic N) is 2. The van der Waals surface area contributed by atoms with Crippen LogP contribution in [0.25, 0.3) is 5.70 Å². The van der Waals surface area contributed by atoms with Crippen molar-refractivity contribution in [2.45, 2.75) is 33.2 Å². The Morgan fingerprint density at radius 1 is 1.13 bits per heavy atom. The Morgan fingerprint density at radius 2 is 1.87 bits per heavy atom. The van der Waals surface area contributed by atoms with Crippen molar-refractivity contribution in [3.05, 3.63) is 74.6 Å². The summed E-state index contributed by atoms with van der Waals surface area (Å²) in [6, 6.07) is 16.5. The third-order valence-corrected chi connectivity index (χ3v) is 6.52. The molecule has 0 saturated carbocycles. The Hall–Kier alpha value is -0.880. The number of thioether (sulfide) groups is 1. The Labute approximate surface area is 200 Å². The Morgan fingerprint density at radius 3 is 2.50 bits per heavy atom. The van der Waals surface area contributed by atoms with E-state index in [4.69, 9.17) is 27.9 Å². The number of benzene rings is 2. The van der Waals surface area contributed by atoms with Crippen molar-refractivity contribution in [2.75, 3.05) is 25.6 Å². The maximum Gasteiger partial charge on any atom is 0.0846 e. The van der Waals surface area contributed by atoms with E-state index >= 15 is 0 Å². The van der Waals surface area contributed by atoms with Crippen molar-refractivity contribution in [1.82, 2.24) is 10.0 Å². The van der Waals surface area contributed by atoms with Gasteiger partial charge in [0.15, 0.2) is 0 Å². The number of ether oxygens (including phenoxy) is 1. The topological polar surface area (TPSA) is 15.7 Å². The quantitative estimate of drug-likeness (QED) is 0.363. The first-order chi connectivity index (χ1) is 14.1. The van der Waals surface area contributed by atoms with Crippen LogP contribution >= 0.6 is 47.4 Å². The minimum Gasteiger partial charge on any atom is -0.380 e. The summed E-state index contributed by atoms with van der Waals surface area (Å²) in [5, 5.41) is 6.14. The highest BCUT2D eigenvalue weighted by atomic mass is 35.5. The van der Waals surface area contributed by atoms with Crippen LogP contribution in [-0.2, 0) is 4.74 Å². The number of rotatable bonds is 9. The Kier molecular flexibility index (Phi) is 10.3. The summed E-state index contributed by atoms with van der Waals surface area (Å²) in [6.45, 7) is 8.68. The van der Waals surface area contributed by atoms with E-state index in [2.05, 4.69) is 54.2 Å². The lowest BCUT2D eigenvalue weighted by Gasteiger charge is -2.41. The second-order valence-corrected chi connectivity index (χ2v) is 8.95. The molecule has 0 N–H and O–H groups in total. The van der Waals surface area contributed by atoms with E-state index in [1.165, 1.54) is 10.5 Å². The fourth-order valence-electron chi connectivity index (χ4n) is 3.62. The third kappa shape index (κ3) is 5.87. The van der Waals surface area contributed by atoms with Crippen LogP contribution in [0.2, 0.25) is 10.0 Å². The van der Waals surface area contributed by atoms with E-state index in [0.29, 0.717) is 23.3 Å². The average molecular weight is 488 g/mol. The van der Waals surface area contributed by atoms with Crippen LogP contribution in [0, 0.1) is 0 Å². The minimum absolute atomic E-state index is 0. The summed E-state index contributed by atoms with van der Waals surface area (Å²) < 4.78 is 5.91. The van der Waals surface area contributed by atoms with Gasteiger partial charge in [0.05, 0.1) is 29.2 Å². The molecule has 164 valence electrons. The number of hydrazine groups is 1. The fraction of sp³-hybridized carbons (Fsp3) is 0.391. The Balaban J connectivity index is 0.00000320. The van der Waals surface area contributed by atoms with Gasteiger partial charge in [-0.3, -0.25) is 5.01 Å². The lowest BCUT2D eigenvalue weighted by Crippen LogP contribution is -2.44. The zero-order valence-electron chi connectivity index (χ0n) is 17.6. The van der Waals surface area contributed by atoms with Crippen LogP contribution in [0.5, 0.6) is 0 Å². The van der Waals surface area contributed by atoms with Crippen LogP contribution in [0.4, 0.5) is 0 Å². The van der Waals surface area contributed by atoms with Crippen LogP contribution < -0.4 is 0 Å². The predicted molar refractivity (Wildman–Crippen MR) is 133 cm³/mol. The second-order valence-electron chi connectivity index (χ2n) is 6.95. The molecule has 1 aliphatic heterocycles. The Bertz CT molecular complexity index is 848. The summed E-state index contributed by atoms with van der Waals surface area (Å²) in [6.07, 6.45) is 1.04. The van der Waals surface area contributed by atoms with Crippen molar-refractivity contribution >= 4 is 53.1 Å². The highest BCUT2D eigenvalue weighted by molar-refractivity contribution is 8.03. The van der Waals surface area contributed by atoms with E-state index in [1.54, 1.807) is 0 Å². The van der Waals surface area contributed by atoms with Gasteiger partial charge in [0.1, 0.15) is 0 Å². The molecule has 1 heterocycles. The molecule has 0 amide bonds. The van der Waals surface area contributed by atoms with Gasteiger partial charge in [0.2, 0.25) is 0 Å². The molecule has 3 nitrogen and oxygen atoms in total. The van der Waals surface area contributed by atoms with E-state index in [0.717, 1.165) is 30.1 Å². The number of hydrogen-bond acceptors (Lipinski definition) is 4. The second kappa shape index (κ2) is 12.2. The molecule has 0 spiro atoms. The van der Waals surface area contributed by atoms with Crippen LogP contribution in [0.15, 0.2) is 53.4 Å². The van der Waals surface area contributed by atoms with Crippen molar-refractivity contribution in [3.8, 4) is 0 Å². The van der Waals surface area contributed by atoms with Gasteiger partial charge >= 0.3 is 0 Å². The van der Waals surface area contributed by atoms with Crippen molar-refractivity contribution in [1.29, 1.82) is 0 Å². The molecular weight excluding hydrogens is 459 g/mol. The van der Waals surface area contributed by atoms with Crippen molar-refractivity contribution in [2.24, 2.45) is 0 Å². The van der Waals surface area contributed by atoms with Crippen molar-refractivity contribution in [3.63, 3.8) is 0 Å². The fourth-order valence-corrected chi connectivity index (χ4v) is 5.06. The molecule has 0 radical (unpaired) electrons. The van der Waals surface area contributed by atoms with Gasteiger partial charge in [-0.1, -0.05) is 60.5 Å². The highest BCUT2D eigenvalue weighted by Crippen LogP contribution is 2.43. The van der Waals surface area contributed by atoms with E-state index in [1.807, 2.05) is 36.9 Å². The molecule has 30 heavy (non-hydrogen) atoms. The molecule has 1 atom stereocenters. The van der Waals surface area contributed by atoms with Gasteiger partial charge in [-0.25, -0.2) is 5.01 Å². The standard InChI is InChI=1S/C23H28Cl2N2OS.ClH/c1-4-13-26(22(15-28-5-2)18-9-7-6-8-10-18)27-16-29-17(3)23(27)20-12-11-19(24)14-21(20)25;/h6-12,14,22H,4-5,13,15-16H2,1-3H3;1H. The van der Waals surface area contributed by atoms with Gasteiger partial charge in [-0.05, 0) is 44.0 Å². The SMILES string of the molecule is CCCN(C(COCC)c1ccccc1)N1CSC(C)=C1c1ccc(Cl)cc1Cl.Cl. The molecule has 3 rings (SSSR count). The average Bonchev–Trinajstić information content (AvgIpc) is 3.09. The third-order valence-electron chi connectivity index (χ3n) is 4.97. The number of allylic oxidation sites excluding steroid dienone is 1. The summed E-state index contributed by atoms with van der Waals surface area (Å²) in [5.41, 5.74) is 3.43. The van der Waals surface area contributed by atoms with E-state index < -0.39 is 0 Å². The van der Waals surface area contributed by atoms with Gasteiger partial charge in [-0.15, -0.1) is 24.2 Å². The summed E-state index contributed by atoms with van der Waals surface area (Å²) in [7, 11) is 0. The molecule has 7 heteroatoms.